The second-order valence-electron chi connectivity index (χ2n) is 3.40. The van der Waals surface area contributed by atoms with E-state index in [1.54, 1.807) is 6.20 Å². The highest BCUT2D eigenvalue weighted by Crippen LogP contribution is 2.46. The summed E-state index contributed by atoms with van der Waals surface area (Å²) in [6.45, 7) is 0.419. The summed E-state index contributed by atoms with van der Waals surface area (Å²) in [5.74, 6) is 0.0445. The van der Waals surface area contributed by atoms with E-state index < -0.39 is 0 Å². The molecule has 0 amide bonds. The van der Waals surface area contributed by atoms with Crippen LogP contribution in [-0.2, 0) is 0 Å². The average Bonchev–Trinajstić information content (AvgIpc) is 2.99. The van der Waals surface area contributed by atoms with Gasteiger partial charge in [0.05, 0.1) is 6.20 Å². The number of carbonyl (C=O) groups excluding carboxylic acids is 1. The summed E-state index contributed by atoms with van der Waals surface area (Å²) in [4.78, 5) is 19.6. The summed E-state index contributed by atoms with van der Waals surface area (Å²) in [7, 11) is 0. The lowest BCUT2D eigenvalue weighted by Gasteiger charge is -2.08. The Bertz CT molecular complexity index is 319. The monoisotopic (exact) mass is 177 g/mol. The zero-order valence-corrected chi connectivity index (χ0v) is 7.23. The van der Waals surface area contributed by atoms with E-state index in [1.807, 2.05) is 0 Å². The van der Waals surface area contributed by atoms with Crippen LogP contribution in [0.15, 0.2) is 18.6 Å². The Hall–Kier alpha value is -1.29. The van der Waals surface area contributed by atoms with Crippen molar-refractivity contribution in [2.45, 2.75) is 12.8 Å². The van der Waals surface area contributed by atoms with Crippen molar-refractivity contribution in [1.29, 1.82) is 0 Å². The van der Waals surface area contributed by atoms with E-state index in [-0.39, 0.29) is 11.2 Å². The van der Waals surface area contributed by atoms with Gasteiger partial charge in [0.15, 0.2) is 5.78 Å². The molecule has 2 rings (SSSR count). The Labute approximate surface area is 76.2 Å². The molecule has 4 heteroatoms. The summed E-state index contributed by atoms with van der Waals surface area (Å²) in [5.41, 5.74) is 5.66. The Morgan fingerprint density at radius 3 is 2.77 bits per heavy atom. The SMILES string of the molecule is NCC1(C(=O)c2cnccn2)CC1. The van der Waals surface area contributed by atoms with Crippen molar-refractivity contribution in [3.8, 4) is 0 Å². The van der Waals surface area contributed by atoms with E-state index in [9.17, 15) is 4.79 Å². The highest BCUT2D eigenvalue weighted by atomic mass is 16.1. The summed E-state index contributed by atoms with van der Waals surface area (Å²) in [6.07, 6.45) is 6.36. The van der Waals surface area contributed by atoms with E-state index in [0.29, 0.717) is 12.2 Å². The van der Waals surface area contributed by atoms with Crippen molar-refractivity contribution in [3.63, 3.8) is 0 Å². The molecule has 1 fully saturated rings. The molecule has 1 aromatic heterocycles. The lowest BCUT2D eigenvalue weighted by atomic mass is 9.99. The zero-order valence-electron chi connectivity index (χ0n) is 7.23. The number of nitrogens with two attached hydrogens (primary N) is 1. The quantitative estimate of drug-likeness (QED) is 0.678. The van der Waals surface area contributed by atoms with Crippen molar-refractivity contribution in [2.24, 2.45) is 11.1 Å². The molecule has 0 atom stereocenters. The first-order valence-electron chi connectivity index (χ1n) is 4.29. The van der Waals surface area contributed by atoms with Gasteiger partial charge in [0.25, 0.3) is 0 Å². The first kappa shape index (κ1) is 8.31. The molecule has 0 saturated heterocycles. The Morgan fingerprint density at radius 2 is 2.31 bits per heavy atom. The molecular weight excluding hydrogens is 166 g/mol. The third-order valence-corrected chi connectivity index (χ3v) is 2.52. The third kappa shape index (κ3) is 1.33. The fourth-order valence-electron chi connectivity index (χ4n) is 1.36. The molecule has 4 nitrogen and oxygen atoms in total. The van der Waals surface area contributed by atoms with E-state index in [4.69, 9.17) is 5.73 Å². The first-order valence-corrected chi connectivity index (χ1v) is 4.29. The van der Waals surface area contributed by atoms with E-state index in [2.05, 4.69) is 9.97 Å². The van der Waals surface area contributed by atoms with Crippen LogP contribution in [0.5, 0.6) is 0 Å². The topological polar surface area (TPSA) is 68.9 Å². The van der Waals surface area contributed by atoms with Gasteiger partial charge in [-0.1, -0.05) is 0 Å². The summed E-state index contributed by atoms with van der Waals surface area (Å²) < 4.78 is 0. The molecule has 0 aliphatic heterocycles. The van der Waals surface area contributed by atoms with Gasteiger partial charge < -0.3 is 5.73 Å². The molecule has 68 valence electrons. The molecule has 1 saturated carbocycles. The maximum atomic E-state index is 11.8. The van der Waals surface area contributed by atoms with Gasteiger partial charge in [0.1, 0.15) is 5.69 Å². The fourth-order valence-corrected chi connectivity index (χ4v) is 1.36. The number of hydrogen-bond acceptors (Lipinski definition) is 4. The van der Waals surface area contributed by atoms with Crippen molar-refractivity contribution in [3.05, 3.63) is 24.3 Å². The van der Waals surface area contributed by atoms with Crippen molar-refractivity contribution < 1.29 is 4.79 Å². The van der Waals surface area contributed by atoms with Gasteiger partial charge in [-0.3, -0.25) is 9.78 Å². The molecule has 0 spiro atoms. The normalized spacial score (nSPS) is 18.2. The van der Waals surface area contributed by atoms with Crippen LogP contribution in [0.4, 0.5) is 0 Å². The lowest BCUT2D eigenvalue weighted by Crippen LogP contribution is -2.26. The van der Waals surface area contributed by atoms with Crippen molar-refractivity contribution in [2.75, 3.05) is 6.54 Å². The number of hydrogen-bond donors (Lipinski definition) is 1. The predicted octanol–water partition coefficient (Wildman–Crippen LogP) is 0.398. The fraction of sp³-hybridized carbons (Fsp3) is 0.444. The molecule has 0 unspecified atom stereocenters. The molecule has 0 radical (unpaired) electrons. The molecule has 1 heterocycles. The smallest absolute Gasteiger partial charge is 0.190 e. The minimum Gasteiger partial charge on any atom is -0.329 e. The second-order valence-corrected chi connectivity index (χ2v) is 3.40. The van der Waals surface area contributed by atoms with Crippen LogP contribution in [0.3, 0.4) is 0 Å². The first-order chi connectivity index (χ1) is 6.28. The summed E-state index contributed by atoms with van der Waals surface area (Å²) >= 11 is 0. The molecule has 1 aromatic rings. The molecule has 1 aliphatic rings. The number of nitrogens with zero attached hydrogens (tertiary/aromatic N) is 2. The highest BCUT2D eigenvalue weighted by molar-refractivity contribution is 6.00. The molecule has 2 N–H and O–H groups in total. The van der Waals surface area contributed by atoms with Crippen molar-refractivity contribution in [1.82, 2.24) is 9.97 Å². The third-order valence-electron chi connectivity index (χ3n) is 2.52. The minimum atomic E-state index is -0.309. The minimum absolute atomic E-state index is 0.0445. The maximum Gasteiger partial charge on any atom is 0.190 e. The Morgan fingerprint density at radius 1 is 1.54 bits per heavy atom. The van der Waals surface area contributed by atoms with Gasteiger partial charge in [0.2, 0.25) is 0 Å². The van der Waals surface area contributed by atoms with Gasteiger partial charge in [0, 0.05) is 24.4 Å². The van der Waals surface area contributed by atoms with Crippen LogP contribution in [0, 0.1) is 5.41 Å². The van der Waals surface area contributed by atoms with Crippen LogP contribution in [0.2, 0.25) is 0 Å². The number of Topliss-reactive ketones (excluding diaryl/α,β-unsaturated/α-hetero) is 1. The number of carbonyl (C=O) groups is 1. The average molecular weight is 177 g/mol. The Balaban J connectivity index is 2.24. The van der Waals surface area contributed by atoms with E-state index >= 15 is 0 Å². The molecule has 0 bridgehead atoms. The van der Waals surface area contributed by atoms with Crippen LogP contribution in [0.1, 0.15) is 23.3 Å². The number of ketones is 1. The molecule has 1 aliphatic carbocycles. The number of rotatable bonds is 3. The predicted molar refractivity (Wildman–Crippen MR) is 47.1 cm³/mol. The van der Waals surface area contributed by atoms with Gasteiger partial charge in [-0.05, 0) is 12.8 Å². The van der Waals surface area contributed by atoms with Gasteiger partial charge in [-0.2, -0.15) is 0 Å². The van der Waals surface area contributed by atoms with Crippen LogP contribution < -0.4 is 5.73 Å². The Kier molecular flexibility index (Phi) is 1.84. The van der Waals surface area contributed by atoms with Gasteiger partial charge in [-0.15, -0.1) is 0 Å². The second kappa shape index (κ2) is 2.88. The van der Waals surface area contributed by atoms with Crippen molar-refractivity contribution >= 4 is 5.78 Å². The molecular formula is C9H11N3O. The van der Waals surface area contributed by atoms with E-state index in [0.717, 1.165) is 12.8 Å². The van der Waals surface area contributed by atoms with Crippen LogP contribution in [-0.4, -0.2) is 22.3 Å². The maximum absolute atomic E-state index is 11.8. The molecule has 13 heavy (non-hydrogen) atoms. The largest absolute Gasteiger partial charge is 0.329 e. The summed E-state index contributed by atoms with van der Waals surface area (Å²) in [6, 6.07) is 0. The summed E-state index contributed by atoms with van der Waals surface area (Å²) in [5, 5.41) is 0. The zero-order chi connectivity index (χ0) is 9.31. The lowest BCUT2D eigenvalue weighted by molar-refractivity contribution is 0.0900. The van der Waals surface area contributed by atoms with Gasteiger partial charge >= 0.3 is 0 Å². The van der Waals surface area contributed by atoms with E-state index in [1.165, 1.54) is 12.4 Å². The number of aromatic nitrogens is 2. The standard InChI is InChI=1S/C9H11N3O/c10-6-9(1-2-9)8(13)7-5-11-3-4-12-7/h3-5H,1-2,6,10H2. The highest BCUT2D eigenvalue weighted by Gasteiger charge is 2.49. The van der Waals surface area contributed by atoms with Gasteiger partial charge in [-0.25, -0.2) is 4.98 Å². The van der Waals surface area contributed by atoms with Crippen LogP contribution >= 0.6 is 0 Å². The van der Waals surface area contributed by atoms with Crippen LogP contribution in [0.25, 0.3) is 0 Å². The molecule has 0 aromatic carbocycles.